The summed E-state index contributed by atoms with van der Waals surface area (Å²) < 4.78 is 12.6. The van der Waals surface area contributed by atoms with E-state index in [9.17, 15) is 4.79 Å². The highest BCUT2D eigenvalue weighted by Crippen LogP contribution is 2.27. The summed E-state index contributed by atoms with van der Waals surface area (Å²) in [4.78, 5) is 27.1. The van der Waals surface area contributed by atoms with E-state index in [2.05, 4.69) is 30.7 Å². The van der Waals surface area contributed by atoms with E-state index in [4.69, 9.17) is 26.1 Å². The second-order valence-corrected chi connectivity index (χ2v) is 9.95. The predicted octanol–water partition coefficient (Wildman–Crippen LogP) is 5.84. The first-order valence-corrected chi connectivity index (χ1v) is 12.0. The highest BCUT2D eigenvalue weighted by molar-refractivity contribution is 6.31. The maximum Gasteiger partial charge on any atom is 0.280 e. The Bertz CT molecular complexity index is 1470. The molecule has 0 spiro atoms. The SMILES string of the molecule is COc1cccc(COc2nc(C)n(-c3cc(-c4ccnc(C(C)(C)C)n4)ccc3C)c(=O)c2Cl)c1. The molecule has 36 heavy (non-hydrogen) atoms. The lowest BCUT2D eigenvalue weighted by atomic mass is 9.95. The Morgan fingerprint density at radius 3 is 2.53 bits per heavy atom. The number of aromatic nitrogens is 4. The maximum atomic E-state index is 13.4. The van der Waals surface area contributed by atoms with Gasteiger partial charge in [-0.25, -0.2) is 9.97 Å². The van der Waals surface area contributed by atoms with Crippen molar-refractivity contribution in [3.05, 3.63) is 92.9 Å². The summed E-state index contributed by atoms with van der Waals surface area (Å²) in [7, 11) is 1.60. The zero-order valence-corrected chi connectivity index (χ0v) is 22.1. The van der Waals surface area contributed by atoms with Crippen LogP contribution in [0.25, 0.3) is 16.9 Å². The fourth-order valence-electron chi connectivity index (χ4n) is 3.77. The van der Waals surface area contributed by atoms with Gasteiger partial charge in [0.05, 0.1) is 18.5 Å². The summed E-state index contributed by atoms with van der Waals surface area (Å²) in [5, 5.41) is -0.0784. The Morgan fingerprint density at radius 2 is 1.81 bits per heavy atom. The Balaban J connectivity index is 1.71. The van der Waals surface area contributed by atoms with Gasteiger partial charge in [-0.2, -0.15) is 4.98 Å². The van der Waals surface area contributed by atoms with Crippen LogP contribution in [0.15, 0.2) is 59.5 Å². The van der Waals surface area contributed by atoms with Crippen LogP contribution in [0.2, 0.25) is 5.02 Å². The Kier molecular flexibility index (Phi) is 7.13. The second kappa shape index (κ2) is 10.1. The fraction of sp³-hybridized carbons (Fsp3) is 0.286. The van der Waals surface area contributed by atoms with E-state index in [-0.39, 0.29) is 22.9 Å². The van der Waals surface area contributed by atoms with Gasteiger partial charge in [0.2, 0.25) is 5.88 Å². The lowest BCUT2D eigenvalue weighted by Gasteiger charge is -2.18. The van der Waals surface area contributed by atoms with Gasteiger partial charge in [-0.05, 0) is 49.2 Å². The van der Waals surface area contributed by atoms with Gasteiger partial charge in [-0.3, -0.25) is 9.36 Å². The molecule has 0 aliphatic carbocycles. The third kappa shape index (κ3) is 5.26. The van der Waals surface area contributed by atoms with Crippen LogP contribution in [0.1, 0.15) is 43.5 Å². The molecule has 186 valence electrons. The largest absolute Gasteiger partial charge is 0.497 e. The van der Waals surface area contributed by atoms with E-state index in [0.717, 1.165) is 34.0 Å². The molecule has 4 rings (SSSR count). The number of nitrogens with zero attached hydrogens (tertiary/aromatic N) is 4. The minimum Gasteiger partial charge on any atom is -0.497 e. The first-order valence-electron chi connectivity index (χ1n) is 11.6. The summed E-state index contributed by atoms with van der Waals surface area (Å²) in [5.74, 6) is 2.02. The number of aryl methyl sites for hydroxylation is 2. The highest BCUT2D eigenvalue weighted by Gasteiger charge is 2.20. The van der Waals surface area contributed by atoms with Crippen LogP contribution in [0.4, 0.5) is 0 Å². The molecule has 2 aromatic heterocycles. The average molecular weight is 505 g/mol. The molecule has 0 saturated heterocycles. The standard InChI is InChI=1S/C28H29ClN4O3/c1-17-10-11-20(22-12-13-30-27(32-22)28(3,4)5)15-23(17)33-18(2)31-25(24(29)26(33)34)36-16-19-8-7-9-21(14-19)35-6/h7-15H,16H2,1-6H3. The van der Waals surface area contributed by atoms with E-state index in [0.29, 0.717) is 11.5 Å². The second-order valence-electron chi connectivity index (χ2n) is 9.58. The fourth-order valence-corrected chi connectivity index (χ4v) is 3.95. The van der Waals surface area contributed by atoms with Crippen LogP contribution in [-0.2, 0) is 12.0 Å². The topological polar surface area (TPSA) is 79.1 Å². The zero-order valence-electron chi connectivity index (χ0n) is 21.3. The predicted molar refractivity (Wildman–Crippen MR) is 141 cm³/mol. The van der Waals surface area contributed by atoms with Crippen LogP contribution in [-0.4, -0.2) is 26.6 Å². The van der Waals surface area contributed by atoms with Gasteiger partial charge >= 0.3 is 0 Å². The average Bonchev–Trinajstić information content (AvgIpc) is 2.86. The first kappa shape index (κ1) is 25.4. The molecule has 7 nitrogen and oxygen atoms in total. The Hall–Kier alpha value is -3.71. The molecule has 0 amide bonds. The van der Waals surface area contributed by atoms with Crippen molar-refractivity contribution in [2.24, 2.45) is 0 Å². The Morgan fingerprint density at radius 1 is 1.03 bits per heavy atom. The molecule has 0 radical (unpaired) electrons. The number of hydrogen-bond acceptors (Lipinski definition) is 6. The van der Waals surface area contributed by atoms with Gasteiger partial charge in [-0.1, -0.05) is 56.6 Å². The molecule has 2 aromatic carbocycles. The molecular formula is C28H29ClN4O3. The van der Waals surface area contributed by atoms with Crippen molar-refractivity contribution in [1.29, 1.82) is 0 Å². The van der Waals surface area contributed by atoms with Crippen molar-refractivity contribution in [2.45, 2.75) is 46.6 Å². The molecule has 4 aromatic rings. The summed E-state index contributed by atoms with van der Waals surface area (Å²) in [6.07, 6.45) is 1.76. The van der Waals surface area contributed by atoms with Crippen LogP contribution in [0, 0.1) is 13.8 Å². The summed E-state index contributed by atoms with van der Waals surface area (Å²) >= 11 is 6.46. The van der Waals surface area contributed by atoms with Gasteiger partial charge in [0, 0.05) is 17.2 Å². The van der Waals surface area contributed by atoms with Crippen LogP contribution >= 0.6 is 11.6 Å². The normalized spacial score (nSPS) is 11.4. The van der Waals surface area contributed by atoms with E-state index in [1.165, 1.54) is 4.57 Å². The van der Waals surface area contributed by atoms with Crippen LogP contribution in [0.5, 0.6) is 11.6 Å². The molecule has 0 aliphatic rings. The van der Waals surface area contributed by atoms with E-state index < -0.39 is 5.56 Å². The summed E-state index contributed by atoms with van der Waals surface area (Å²) in [5.41, 5.74) is 3.51. The molecule has 0 aliphatic heterocycles. The quantitative estimate of drug-likeness (QED) is 0.328. The first-order chi connectivity index (χ1) is 17.1. The van der Waals surface area contributed by atoms with Crippen molar-refractivity contribution in [3.8, 4) is 28.6 Å². The molecular weight excluding hydrogens is 476 g/mol. The van der Waals surface area contributed by atoms with Gasteiger partial charge < -0.3 is 9.47 Å². The van der Waals surface area contributed by atoms with E-state index in [1.807, 2.05) is 55.5 Å². The summed E-state index contributed by atoms with van der Waals surface area (Å²) in [6.45, 7) is 10.1. The molecule has 2 heterocycles. The minimum absolute atomic E-state index is 0.0784. The van der Waals surface area contributed by atoms with Gasteiger partial charge in [0.15, 0.2) is 5.02 Å². The highest BCUT2D eigenvalue weighted by atomic mass is 35.5. The maximum absolute atomic E-state index is 13.4. The van der Waals surface area contributed by atoms with Crippen molar-refractivity contribution in [2.75, 3.05) is 7.11 Å². The molecule has 0 N–H and O–H groups in total. The number of halogens is 1. The molecule has 0 saturated carbocycles. The number of hydrogen-bond donors (Lipinski definition) is 0. The van der Waals surface area contributed by atoms with Gasteiger partial charge in [0.25, 0.3) is 5.56 Å². The number of methoxy groups -OCH3 is 1. The molecule has 0 bridgehead atoms. The zero-order chi connectivity index (χ0) is 26.0. The molecule has 0 unspecified atom stereocenters. The minimum atomic E-state index is -0.400. The monoisotopic (exact) mass is 504 g/mol. The Labute approximate surface area is 215 Å². The van der Waals surface area contributed by atoms with Crippen molar-refractivity contribution >= 4 is 11.6 Å². The van der Waals surface area contributed by atoms with Crippen LogP contribution < -0.4 is 15.0 Å². The van der Waals surface area contributed by atoms with Crippen LogP contribution in [0.3, 0.4) is 0 Å². The molecule has 8 heteroatoms. The lowest BCUT2D eigenvalue weighted by Crippen LogP contribution is -2.24. The van der Waals surface area contributed by atoms with Crippen molar-refractivity contribution in [3.63, 3.8) is 0 Å². The van der Waals surface area contributed by atoms with Gasteiger partial charge in [-0.15, -0.1) is 0 Å². The number of benzene rings is 2. The summed E-state index contributed by atoms with van der Waals surface area (Å²) in [6, 6.07) is 15.2. The number of rotatable bonds is 6. The van der Waals surface area contributed by atoms with Crippen molar-refractivity contribution < 1.29 is 9.47 Å². The number of ether oxygens (including phenoxy) is 2. The lowest BCUT2D eigenvalue weighted by molar-refractivity contribution is 0.291. The van der Waals surface area contributed by atoms with E-state index in [1.54, 1.807) is 20.2 Å². The third-order valence-electron chi connectivity index (χ3n) is 5.75. The molecule has 0 atom stereocenters. The van der Waals surface area contributed by atoms with E-state index >= 15 is 0 Å². The molecule has 0 fully saturated rings. The van der Waals surface area contributed by atoms with Crippen molar-refractivity contribution in [1.82, 2.24) is 19.5 Å². The third-order valence-corrected chi connectivity index (χ3v) is 6.07. The van der Waals surface area contributed by atoms with Gasteiger partial charge in [0.1, 0.15) is 24.0 Å². The smallest absolute Gasteiger partial charge is 0.280 e.